The minimum absolute atomic E-state index is 0.122. The molecule has 0 unspecified atom stereocenters. The lowest BCUT2D eigenvalue weighted by molar-refractivity contribution is -0.124. The van der Waals surface area contributed by atoms with E-state index in [9.17, 15) is 9.59 Å². The van der Waals surface area contributed by atoms with E-state index in [-0.39, 0.29) is 22.4 Å². The molecule has 1 atom stereocenters. The van der Waals surface area contributed by atoms with Crippen LogP contribution in [0.15, 0.2) is 71.5 Å². The van der Waals surface area contributed by atoms with E-state index in [0.717, 1.165) is 27.9 Å². The number of aryl methyl sites for hydroxylation is 1. The van der Waals surface area contributed by atoms with Crippen molar-refractivity contribution in [1.82, 2.24) is 19.9 Å². The second-order valence-electron chi connectivity index (χ2n) is 9.05. The minimum Gasteiger partial charge on any atom is -0.384 e. The van der Waals surface area contributed by atoms with Gasteiger partial charge < -0.3 is 16.4 Å². The van der Waals surface area contributed by atoms with Crippen LogP contribution in [0.1, 0.15) is 35.0 Å². The second kappa shape index (κ2) is 10.4. The predicted molar refractivity (Wildman–Crippen MR) is 145 cm³/mol. The number of fused-ring (bicyclic) bond motifs is 1. The molecule has 4 aromatic rings. The zero-order valence-electron chi connectivity index (χ0n) is 20.4. The zero-order valence-corrected chi connectivity index (χ0v) is 21.1. The van der Waals surface area contributed by atoms with Crippen molar-refractivity contribution in [2.24, 2.45) is 0 Å². The SMILES string of the molecule is Cc1nc(N)ccc1CNC(=O)[C@@H]1CCc2c(Cl)nc(NCc3cccc(-c4ccccc4)c3)c(=O)n21. The molecule has 2 aromatic heterocycles. The number of nitrogen functional groups attached to an aromatic ring is 1. The van der Waals surface area contributed by atoms with Crippen LogP contribution in [-0.2, 0) is 24.3 Å². The molecule has 5 rings (SSSR count). The molecule has 188 valence electrons. The van der Waals surface area contributed by atoms with Gasteiger partial charge >= 0.3 is 0 Å². The van der Waals surface area contributed by atoms with E-state index in [2.05, 4.69) is 38.8 Å². The monoisotopic (exact) mass is 514 g/mol. The van der Waals surface area contributed by atoms with Gasteiger partial charge in [0.2, 0.25) is 5.91 Å². The van der Waals surface area contributed by atoms with Crippen LogP contribution >= 0.6 is 11.6 Å². The maximum absolute atomic E-state index is 13.4. The highest BCUT2D eigenvalue weighted by Crippen LogP contribution is 2.29. The fourth-order valence-electron chi connectivity index (χ4n) is 4.64. The van der Waals surface area contributed by atoms with Gasteiger partial charge in [-0.1, -0.05) is 66.2 Å². The second-order valence-corrected chi connectivity index (χ2v) is 9.40. The molecule has 0 fully saturated rings. The Labute approximate surface area is 219 Å². The van der Waals surface area contributed by atoms with Crippen LogP contribution in [0.2, 0.25) is 5.15 Å². The molecule has 2 aromatic carbocycles. The molecule has 0 saturated heterocycles. The van der Waals surface area contributed by atoms with Crippen LogP contribution in [0.4, 0.5) is 11.6 Å². The number of anilines is 2. The highest BCUT2D eigenvalue weighted by atomic mass is 35.5. The van der Waals surface area contributed by atoms with Crippen molar-refractivity contribution in [2.45, 2.75) is 38.9 Å². The van der Waals surface area contributed by atoms with Gasteiger partial charge in [0.1, 0.15) is 11.9 Å². The molecule has 8 nitrogen and oxygen atoms in total. The quantitative estimate of drug-likeness (QED) is 0.339. The van der Waals surface area contributed by atoms with E-state index in [1.807, 2.05) is 49.4 Å². The van der Waals surface area contributed by atoms with E-state index in [4.69, 9.17) is 17.3 Å². The van der Waals surface area contributed by atoms with Gasteiger partial charge in [-0.3, -0.25) is 14.2 Å². The number of hydrogen-bond donors (Lipinski definition) is 3. The molecule has 0 aliphatic carbocycles. The van der Waals surface area contributed by atoms with E-state index in [1.54, 1.807) is 6.07 Å². The number of amides is 1. The third kappa shape index (κ3) is 5.20. The number of pyridine rings is 1. The maximum Gasteiger partial charge on any atom is 0.294 e. The summed E-state index contributed by atoms with van der Waals surface area (Å²) in [5, 5.41) is 6.28. The number of aromatic nitrogens is 3. The van der Waals surface area contributed by atoms with Gasteiger partial charge in [-0.2, -0.15) is 0 Å². The van der Waals surface area contributed by atoms with Crippen molar-refractivity contribution in [2.75, 3.05) is 11.1 Å². The van der Waals surface area contributed by atoms with Crippen molar-refractivity contribution in [1.29, 1.82) is 0 Å². The number of carbonyl (C=O) groups is 1. The summed E-state index contributed by atoms with van der Waals surface area (Å²) in [6, 6.07) is 21.0. The first-order valence-corrected chi connectivity index (χ1v) is 12.5. The van der Waals surface area contributed by atoms with Crippen LogP contribution in [-0.4, -0.2) is 20.4 Å². The first kappa shape index (κ1) is 24.5. The standard InChI is InChI=1S/C28H27ClN6O2/c1-17-21(10-13-24(30)33-17)16-32-27(36)23-12-11-22-25(29)34-26(28(37)35(22)23)31-15-18-6-5-9-20(14-18)19-7-3-2-4-8-19/h2-10,13-14,23H,11-12,15-16H2,1H3,(H2,30,33)(H,31,34)(H,32,36)/t23-/m0/s1. The molecule has 4 N–H and O–H groups in total. The van der Waals surface area contributed by atoms with Crippen LogP contribution in [0.25, 0.3) is 11.1 Å². The Kier molecular flexibility index (Phi) is 6.92. The molecular weight excluding hydrogens is 488 g/mol. The summed E-state index contributed by atoms with van der Waals surface area (Å²) in [6.45, 7) is 2.52. The first-order valence-electron chi connectivity index (χ1n) is 12.1. The fraction of sp³-hybridized carbons (Fsp3) is 0.214. The molecule has 0 bridgehead atoms. The van der Waals surface area contributed by atoms with Gasteiger partial charge in [0.15, 0.2) is 11.0 Å². The Morgan fingerprint density at radius 2 is 1.84 bits per heavy atom. The first-order chi connectivity index (χ1) is 17.9. The number of halogens is 1. The summed E-state index contributed by atoms with van der Waals surface area (Å²) >= 11 is 6.45. The largest absolute Gasteiger partial charge is 0.384 e. The molecule has 3 heterocycles. The molecule has 0 radical (unpaired) electrons. The van der Waals surface area contributed by atoms with E-state index in [1.165, 1.54) is 4.57 Å². The number of hydrogen-bond acceptors (Lipinski definition) is 6. The van der Waals surface area contributed by atoms with E-state index >= 15 is 0 Å². The Hall–Kier alpha value is -4.17. The van der Waals surface area contributed by atoms with E-state index < -0.39 is 6.04 Å². The van der Waals surface area contributed by atoms with Crippen LogP contribution < -0.4 is 21.9 Å². The van der Waals surface area contributed by atoms with Crippen molar-refractivity contribution < 1.29 is 4.79 Å². The predicted octanol–water partition coefficient (Wildman–Crippen LogP) is 4.27. The molecular formula is C28H27ClN6O2. The summed E-state index contributed by atoms with van der Waals surface area (Å²) in [5.74, 6) is 0.302. The molecule has 0 saturated carbocycles. The van der Waals surface area contributed by atoms with Crippen molar-refractivity contribution >= 4 is 29.1 Å². The lowest BCUT2D eigenvalue weighted by Gasteiger charge is -2.17. The lowest BCUT2D eigenvalue weighted by atomic mass is 10.0. The summed E-state index contributed by atoms with van der Waals surface area (Å²) < 4.78 is 1.47. The Morgan fingerprint density at radius 3 is 2.62 bits per heavy atom. The maximum atomic E-state index is 13.4. The van der Waals surface area contributed by atoms with Gasteiger partial charge in [0, 0.05) is 18.8 Å². The van der Waals surface area contributed by atoms with Crippen molar-refractivity contribution in [3.05, 3.63) is 105 Å². The van der Waals surface area contributed by atoms with Crippen LogP contribution in [0.3, 0.4) is 0 Å². The lowest BCUT2D eigenvalue weighted by Crippen LogP contribution is -2.36. The third-order valence-corrected chi connectivity index (χ3v) is 6.90. The van der Waals surface area contributed by atoms with Gasteiger partial charge in [0.05, 0.1) is 5.69 Å². The number of carbonyl (C=O) groups excluding carboxylic acids is 1. The third-order valence-electron chi connectivity index (χ3n) is 6.59. The smallest absolute Gasteiger partial charge is 0.294 e. The number of nitrogens with zero attached hydrogens (tertiary/aromatic N) is 3. The van der Waals surface area contributed by atoms with Gasteiger partial charge in [-0.15, -0.1) is 0 Å². The van der Waals surface area contributed by atoms with Gasteiger partial charge in [0.25, 0.3) is 5.56 Å². The Balaban J connectivity index is 1.33. The van der Waals surface area contributed by atoms with Gasteiger partial charge in [-0.05, 0) is 54.2 Å². The molecule has 37 heavy (non-hydrogen) atoms. The summed E-state index contributed by atoms with van der Waals surface area (Å²) in [6.07, 6.45) is 0.977. The molecule has 1 aliphatic rings. The molecule has 0 spiro atoms. The van der Waals surface area contributed by atoms with E-state index in [0.29, 0.717) is 37.4 Å². The molecule has 9 heteroatoms. The Bertz CT molecular complexity index is 1520. The van der Waals surface area contributed by atoms with Crippen LogP contribution in [0, 0.1) is 6.92 Å². The minimum atomic E-state index is -0.660. The summed E-state index contributed by atoms with van der Waals surface area (Å²) in [7, 11) is 0. The number of nitrogens with two attached hydrogens (primary N) is 1. The Morgan fingerprint density at radius 1 is 1.05 bits per heavy atom. The van der Waals surface area contributed by atoms with Crippen molar-refractivity contribution in [3.8, 4) is 11.1 Å². The number of benzene rings is 2. The number of nitrogens with one attached hydrogen (secondary N) is 2. The zero-order chi connectivity index (χ0) is 25.9. The number of rotatable bonds is 7. The summed E-state index contributed by atoms with van der Waals surface area (Å²) in [4.78, 5) is 35.0. The average Bonchev–Trinajstić information content (AvgIpc) is 3.36. The molecule has 1 aliphatic heterocycles. The normalized spacial score (nSPS) is 14.3. The molecule has 1 amide bonds. The topological polar surface area (TPSA) is 115 Å². The average molecular weight is 515 g/mol. The fourth-order valence-corrected chi connectivity index (χ4v) is 4.91. The van der Waals surface area contributed by atoms with Gasteiger partial charge in [-0.25, -0.2) is 9.97 Å². The van der Waals surface area contributed by atoms with Crippen molar-refractivity contribution in [3.63, 3.8) is 0 Å². The van der Waals surface area contributed by atoms with Crippen LogP contribution in [0.5, 0.6) is 0 Å². The highest BCUT2D eigenvalue weighted by molar-refractivity contribution is 6.30. The summed E-state index contributed by atoms with van der Waals surface area (Å²) in [5.41, 5.74) is 10.7. The highest BCUT2D eigenvalue weighted by Gasteiger charge is 2.32.